The number of para-hydroxylation sites is 2. The van der Waals surface area contributed by atoms with E-state index in [2.05, 4.69) is 208 Å². The number of fused-ring (bicyclic) bond motifs is 9. The van der Waals surface area contributed by atoms with E-state index in [0.29, 0.717) is 0 Å². The van der Waals surface area contributed by atoms with Gasteiger partial charge in [-0.15, -0.1) is 0 Å². The molecule has 2 aromatic heterocycles. The molecule has 0 saturated carbocycles. The minimum Gasteiger partial charge on any atom is -0.309 e. The van der Waals surface area contributed by atoms with Gasteiger partial charge in [-0.2, -0.15) is 0 Å². The molecule has 2 nitrogen and oxygen atoms in total. The van der Waals surface area contributed by atoms with Crippen LogP contribution in [-0.4, -0.2) is 9.13 Å². The highest BCUT2D eigenvalue weighted by atomic mass is 15.0. The topological polar surface area (TPSA) is 9.86 Å². The van der Waals surface area contributed by atoms with Crippen LogP contribution in [0.5, 0.6) is 0 Å². The molecule has 8 aromatic carbocycles. The first-order chi connectivity index (χ1) is 27.3. The molecule has 0 spiro atoms. The van der Waals surface area contributed by atoms with E-state index in [0.717, 1.165) is 0 Å². The number of benzene rings is 8. The lowest BCUT2D eigenvalue weighted by molar-refractivity contribution is 0.661. The van der Waals surface area contributed by atoms with Crippen LogP contribution in [0.2, 0.25) is 0 Å². The van der Waals surface area contributed by atoms with E-state index in [1.54, 1.807) is 0 Å². The van der Waals surface area contributed by atoms with Gasteiger partial charge in [0.15, 0.2) is 0 Å². The van der Waals surface area contributed by atoms with Gasteiger partial charge in [0, 0.05) is 32.6 Å². The Morgan fingerprint density at radius 2 is 0.911 bits per heavy atom. The summed E-state index contributed by atoms with van der Waals surface area (Å²) in [7, 11) is 0. The largest absolute Gasteiger partial charge is 0.309 e. The van der Waals surface area contributed by atoms with Crippen molar-refractivity contribution in [3.05, 3.63) is 192 Å². The standard InChI is InChI=1S/C54H42N2/c1-33-27-34(2)53(35(3)28-33)56-51-26-24-39(30-45(51)46-31-43-41-15-9-11-17-47(41)54(4,5)48(43)32-52(46)56)37-21-19-36(20-22-37)38-23-25-50-44(29-38)42-16-10-12-18-49(42)55(50)40-13-7-6-8-14-40/h6-32H,1-5H3. The summed E-state index contributed by atoms with van der Waals surface area (Å²) in [5.74, 6) is 0. The molecule has 0 atom stereocenters. The zero-order valence-electron chi connectivity index (χ0n) is 32.5. The van der Waals surface area contributed by atoms with Crippen molar-refractivity contribution in [3.8, 4) is 44.8 Å². The van der Waals surface area contributed by atoms with E-state index in [-0.39, 0.29) is 5.41 Å². The van der Waals surface area contributed by atoms with E-state index in [9.17, 15) is 0 Å². The number of aromatic nitrogens is 2. The van der Waals surface area contributed by atoms with E-state index < -0.39 is 0 Å². The Morgan fingerprint density at radius 1 is 0.375 bits per heavy atom. The summed E-state index contributed by atoms with van der Waals surface area (Å²) in [6.45, 7) is 11.5. The molecular weight excluding hydrogens is 677 g/mol. The molecule has 2 heteroatoms. The molecule has 0 bridgehead atoms. The lowest BCUT2D eigenvalue weighted by Gasteiger charge is -2.22. The quantitative estimate of drug-likeness (QED) is 0.171. The molecule has 1 aliphatic carbocycles. The Balaban J connectivity index is 1.05. The normalized spacial score (nSPS) is 13.2. The number of hydrogen-bond acceptors (Lipinski definition) is 0. The Bertz CT molecular complexity index is 3200. The summed E-state index contributed by atoms with van der Waals surface area (Å²) in [6, 6.07) is 61.1. The fraction of sp³-hybridized carbons (Fsp3) is 0.111. The molecule has 0 aliphatic heterocycles. The first-order valence-electron chi connectivity index (χ1n) is 19.8. The minimum absolute atomic E-state index is 0.0742. The van der Waals surface area contributed by atoms with Crippen LogP contribution in [0.25, 0.3) is 88.4 Å². The van der Waals surface area contributed by atoms with E-state index in [4.69, 9.17) is 0 Å². The molecule has 10 aromatic rings. The average molecular weight is 719 g/mol. The molecule has 11 rings (SSSR count). The highest BCUT2D eigenvalue weighted by Gasteiger charge is 2.36. The van der Waals surface area contributed by atoms with Gasteiger partial charge < -0.3 is 9.13 Å². The molecule has 0 amide bonds. The second kappa shape index (κ2) is 11.9. The van der Waals surface area contributed by atoms with E-state index >= 15 is 0 Å². The first-order valence-corrected chi connectivity index (χ1v) is 19.8. The molecule has 1 aliphatic rings. The van der Waals surface area contributed by atoms with Gasteiger partial charge in [0.25, 0.3) is 0 Å². The van der Waals surface area contributed by atoms with Crippen molar-refractivity contribution >= 4 is 43.6 Å². The highest BCUT2D eigenvalue weighted by molar-refractivity contribution is 6.13. The maximum absolute atomic E-state index is 2.53. The van der Waals surface area contributed by atoms with Crippen LogP contribution in [0, 0.1) is 20.8 Å². The van der Waals surface area contributed by atoms with Crippen LogP contribution < -0.4 is 0 Å². The molecule has 0 unspecified atom stereocenters. The molecule has 0 N–H and O–H groups in total. The SMILES string of the molecule is Cc1cc(C)c(-n2c3ccc(-c4ccc(-c5ccc6c(c5)c5ccccc5n6-c5ccccc5)cc4)cc3c3cc4c(cc32)C(C)(C)c2ccccc2-4)c(C)c1. The van der Waals surface area contributed by atoms with Gasteiger partial charge in [0.1, 0.15) is 0 Å². The molecule has 0 saturated heterocycles. The maximum atomic E-state index is 2.53. The number of aryl methyl sites for hydroxylation is 3. The third-order valence-electron chi connectivity index (χ3n) is 12.6. The molecule has 0 fully saturated rings. The summed E-state index contributed by atoms with van der Waals surface area (Å²) >= 11 is 0. The zero-order chi connectivity index (χ0) is 37.9. The molecule has 268 valence electrons. The van der Waals surface area contributed by atoms with Crippen molar-refractivity contribution in [1.82, 2.24) is 9.13 Å². The van der Waals surface area contributed by atoms with Crippen molar-refractivity contribution in [2.45, 2.75) is 40.0 Å². The van der Waals surface area contributed by atoms with Crippen molar-refractivity contribution in [2.75, 3.05) is 0 Å². The fourth-order valence-corrected chi connectivity index (χ4v) is 10.0. The second-order valence-electron chi connectivity index (χ2n) is 16.4. The predicted octanol–water partition coefficient (Wildman–Crippen LogP) is 14.4. The van der Waals surface area contributed by atoms with Crippen molar-refractivity contribution in [1.29, 1.82) is 0 Å². The van der Waals surface area contributed by atoms with Gasteiger partial charge in [-0.1, -0.05) is 129 Å². The molecule has 56 heavy (non-hydrogen) atoms. The van der Waals surface area contributed by atoms with Gasteiger partial charge in [0.2, 0.25) is 0 Å². The number of hydrogen-bond donors (Lipinski definition) is 0. The Hall–Kier alpha value is -6.64. The van der Waals surface area contributed by atoms with Crippen LogP contribution in [0.3, 0.4) is 0 Å². The Morgan fingerprint density at radius 3 is 1.61 bits per heavy atom. The van der Waals surface area contributed by atoms with Crippen molar-refractivity contribution in [3.63, 3.8) is 0 Å². The van der Waals surface area contributed by atoms with Crippen LogP contribution in [0.4, 0.5) is 0 Å². The first kappa shape index (κ1) is 32.8. The van der Waals surface area contributed by atoms with Gasteiger partial charge >= 0.3 is 0 Å². The lowest BCUT2D eigenvalue weighted by atomic mass is 9.82. The highest BCUT2D eigenvalue weighted by Crippen LogP contribution is 2.51. The van der Waals surface area contributed by atoms with Crippen molar-refractivity contribution in [2.24, 2.45) is 0 Å². The molecular formula is C54H42N2. The molecule has 0 radical (unpaired) electrons. The second-order valence-corrected chi connectivity index (χ2v) is 16.4. The van der Waals surface area contributed by atoms with E-state index in [1.807, 2.05) is 0 Å². The zero-order valence-corrected chi connectivity index (χ0v) is 32.5. The Labute approximate surface area is 327 Å². The minimum atomic E-state index is -0.0742. The summed E-state index contributed by atoms with van der Waals surface area (Å²) in [5, 5.41) is 5.12. The number of nitrogens with zero attached hydrogens (tertiary/aromatic N) is 2. The summed E-state index contributed by atoms with van der Waals surface area (Å²) in [4.78, 5) is 0. The predicted molar refractivity (Wildman–Crippen MR) is 238 cm³/mol. The smallest absolute Gasteiger partial charge is 0.0544 e. The summed E-state index contributed by atoms with van der Waals surface area (Å²) < 4.78 is 4.91. The Kier molecular flexibility index (Phi) is 6.98. The van der Waals surface area contributed by atoms with Gasteiger partial charge in [-0.3, -0.25) is 0 Å². The monoisotopic (exact) mass is 718 g/mol. The van der Waals surface area contributed by atoms with E-state index in [1.165, 1.54) is 116 Å². The van der Waals surface area contributed by atoms with Crippen LogP contribution in [0.1, 0.15) is 41.7 Å². The van der Waals surface area contributed by atoms with Gasteiger partial charge in [-0.05, 0) is 131 Å². The van der Waals surface area contributed by atoms with Crippen LogP contribution in [-0.2, 0) is 5.41 Å². The van der Waals surface area contributed by atoms with Crippen LogP contribution >= 0.6 is 0 Å². The average Bonchev–Trinajstić information content (AvgIpc) is 3.79. The van der Waals surface area contributed by atoms with Crippen LogP contribution in [0.15, 0.2) is 164 Å². The lowest BCUT2D eigenvalue weighted by Crippen LogP contribution is -2.15. The summed E-state index contributed by atoms with van der Waals surface area (Å²) in [5.41, 5.74) is 21.6. The maximum Gasteiger partial charge on any atom is 0.0544 e. The third-order valence-corrected chi connectivity index (χ3v) is 12.6. The number of rotatable bonds is 4. The third kappa shape index (κ3) is 4.69. The van der Waals surface area contributed by atoms with Gasteiger partial charge in [-0.25, -0.2) is 0 Å². The van der Waals surface area contributed by atoms with Gasteiger partial charge in [0.05, 0.1) is 27.8 Å². The van der Waals surface area contributed by atoms with Crippen molar-refractivity contribution < 1.29 is 0 Å². The molecule has 2 heterocycles. The summed E-state index contributed by atoms with van der Waals surface area (Å²) in [6.07, 6.45) is 0. The fourth-order valence-electron chi connectivity index (χ4n) is 10.0.